The smallest absolute Gasteiger partial charge is 0.155 e. The minimum absolute atomic E-state index is 0.642. The van der Waals surface area contributed by atoms with Gasteiger partial charge in [0.2, 0.25) is 0 Å². The van der Waals surface area contributed by atoms with Crippen molar-refractivity contribution in [1.29, 1.82) is 0 Å². The highest BCUT2D eigenvalue weighted by Gasteiger charge is 2.40. The zero-order chi connectivity index (χ0) is 12.8. The standard InChI is InChI=1S/C15H17ClN2O/c16-13-1-3-14(4-2-13)19-17-15-11-5-10-6-12(15)9-18(7-10)8-11/h1-4,10-11,17H,5-9H2. The largest absolute Gasteiger partial charge is 0.382 e. The lowest BCUT2D eigenvalue weighted by atomic mass is 9.73. The summed E-state index contributed by atoms with van der Waals surface area (Å²) >= 11 is 5.87. The molecule has 0 radical (unpaired) electrons. The fourth-order valence-corrected chi connectivity index (χ4v) is 3.85. The number of rotatable bonds is 3. The summed E-state index contributed by atoms with van der Waals surface area (Å²) in [5.41, 5.74) is 6.09. The Hall–Kier alpha value is -1.19. The predicted octanol–water partition coefficient (Wildman–Crippen LogP) is 2.83. The van der Waals surface area contributed by atoms with Crippen LogP contribution in [0.15, 0.2) is 35.5 Å². The van der Waals surface area contributed by atoms with Crippen LogP contribution in [0.5, 0.6) is 5.75 Å². The maximum absolute atomic E-state index is 5.87. The zero-order valence-electron chi connectivity index (χ0n) is 10.7. The highest BCUT2D eigenvalue weighted by Crippen LogP contribution is 2.42. The first-order valence-electron chi connectivity index (χ1n) is 6.90. The molecule has 0 spiro atoms. The van der Waals surface area contributed by atoms with Gasteiger partial charge in [-0.15, -0.1) is 0 Å². The Morgan fingerprint density at radius 1 is 1.21 bits per heavy atom. The Bertz CT molecular complexity index is 509. The lowest BCUT2D eigenvalue weighted by molar-refractivity contribution is 0.0764. The second kappa shape index (κ2) is 4.43. The minimum atomic E-state index is 0.642. The number of benzene rings is 1. The zero-order valence-corrected chi connectivity index (χ0v) is 11.5. The molecule has 0 saturated carbocycles. The van der Waals surface area contributed by atoms with E-state index in [0.717, 1.165) is 23.2 Å². The van der Waals surface area contributed by atoms with Gasteiger partial charge in [0.25, 0.3) is 0 Å². The molecule has 1 aliphatic carbocycles. The van der Waals surface area contributed by atoms with E-state index in [4.69, 9.17) is 16.4 Å². The first kappa shape index (κ1) is 11.6. The van der Waals surface area contributed by atoms with Crippen molar-refractivity contribution >= 4 is 11.6 Å². The molecule has 1 N–H and O–H groups in total. The van der Waals surface area contributed by atoms with Crippen molar-refractivity contribution in [2.45, 2.75) is 12.8 Å². The maximum Gasteiger partial charge on any atom is 0.155 e. The molecule has 2 fully saturated rings. The van der Waals surface area contributed by atoms with Gasteiger partial charge in [0.1, 0.15) is 0 Å². The number of nitrogens with one attached hydrogen (secondary N) is 1. The second-order valence-corrected chi connectivity index (χ2v) is 6.31. The number of hydrogen-bond donors (Lipinski definition) is 1. The van der Waals surface area contributed by atoms with Crippen molar-refractivity contribution in [3.05, 3.63) is 40.6 Å². The summed E-state index contributed by atoms with van der Waals surface area (Å²) in [6.45, 7) is 3.61. The van der Waals surface area contributed by atoms with Gasteiger partial charge in [-0.05, 0) is 48.6 Å². The number of hydroxylamine groups is 1. The van der Waals surface area contributed by atoms with Crippen LogP contribution in [0.25, 0.3) is 0 Å². The molecule has 0 aromatic heterocycles. The Morgan fingerprint density at radius 2 is 2.05 bits per heavy atom. The van der Waals surface area contributed by atoms with E-state index in [1.165, 1.54) is 31.6 Å². The lowest BCUT2D eigenvalue weighted by Gasteiger charge is -2.49. The van der Waals surface area contributed by atoms with Gasteiger partial charge in [-0.1, -0.05) is 11.6 Å². The van der Waals surface area contributed by atoms with E-state index < -0.39 is 0 Å². The summed E-state index contributed by atoms with van der Waals surface area (Å²) in [6.07, 6.45) is 2.56. The monoisotopic (exact) mass is 276 g/mol. The molecule has 4 heteroatoms. The molecule has 3 aliphatic heterocycles. The van der Waals surface area contributed by atoms with E-state index in [1.807, 2.05) is 24.3 Å². The highest BCUT2D eigenvalue weighted by molar-refractivity contribution is 6.30. The summed E-state index contributed by atoms with van der Waals surface area (Å²) in [5.74, 6) is 2.33. The Kier molecular flexibility index (Phi) is 2.71. The molecule has 3 heterocycles. The van der Waals surface area contributed by atoms with Gasteiger partial charge in [-0.2, -0.15) is 0 Å². The van der Waals surface area contributed by atoms with E-state index >= 15 is 0 Å². The van der Waals surface area contributed by atoms with Crippen LogP contribution in [-0.2, 0) is 0 Å². The third kappa shape index (κ3) is 2.11. The Morgan fingerprint density at radius 3 is 2.79 bits per heavy atom. The van der Waals surface area contributed by atoms with E-state index in [2.05, 4.69) is 10.4 Å². The molecule has 1 aromatic rings. The van der Waals surface area contributed by atoms with Crippen LogP contribution in [0.1, 0.15) is 12.8 Å². The Balaban J connectivity index is 1.50. The average Bonchev–Trinajstić information content (AvgIpc) is 2.39. The third-order valence-corrected chi connectivity index (χ3v) is 4.70. The molecule has 0 amide bonds. The van der Waals surface area contributed by atoms with Gasteiger partial charge in [0.05, 0.1) is 5.70 Å². The molecule has 4 aliphatic rings. The number of piperidine rings is 2. The molecule has 5 rings (SSSR count). The molecular weight excluding hydrogens is 260 g/mol. The second-order valence-electron chi connectivity index (χ2n) is 5.87. The van der Waals surface area contributed by atoms with Crippen molar-refractivity contribution in [3.8, 4) is 5.75 Å². The highest BCUT2D eigenvalue weighted by atomic mass is 35.5. The molecule has 100 valence electrons. The van der Waals surface area contributed by atoms with Gasteiger partial charge in [0, 0.05) is 30.6 Å². The fourth-order valence-electron chi connectivity index (χ4n) is 3.73. The van der Waals surface area contributed by atoms with Gasteiger partial charge in [-0.25, -0.2) is 5.48 Å². The molecule has 3 atom stereocenters. The minimum Gasteiger partial charge on any atom is -0.382 e. The van der Waals surface area contributed by atoms with E-state index in [0.29, 0.717) is 5.92 Å². The first-order chi connectivity index (χ1) is 9.28. The molecule has 1 aromatic carbocycles. The molecule has 4 bridgehead atoms. The SMILES string of the molecule is Clc1ccc(ONC2=C3CC4CC2CN(C3)C4)cc1. The molecule has 3 unspecified atom stereocenters. The number of halogens is 1. The molecular formula is C15H17ClN2O. The van der Waals surface area contributed by atoms with Crippen molar-refractivity contribution in [3.63, 3.8) is 0 Å². The average molecular weight is 277 g/mol. The molecule has 3 nitrogen and oxygen atoms in total. The van der Waals surface area contributed by atoms with Crippen LogP contribution in [0, 0.1) is 11.8 Å². The summed E-state index contributed by atoms with van der Waals surface area (Å²) in [6, 6.07) is 7.47. The molecule has 19 heavy (non-hydrogen) atoms. The number of nitrogens with zero attached hydrogens (tertiary/aromatic N) is 1. The van der Waals surface area contributed by atoms with Crippen molar-refractivity contribution in [1.82, 2.24) is 10.4 Å². The third-order valence-electron chi connectivity index (χ3n) is 4.44. The fraction of sp³-hybridized carbons (Fsp3) is 0.467. The van der Waals surface area contributed by atoms with Crippen LogP contribution in [0.3, 0.4) is 0 Å². The lowest BCUT2D eigenvalue weighted by Crippen LogP contribution is -2.52. The summed E-state index contributed by atoms with van der Waals surface area (Å²) in [5, 5.41) is 0.733. The number of hydrogen-bond acceptors (Lipinski definition) is 3. The van der Waals surface area contributed by atoms with Gasteiger partial charge >= 0.3 is 0 Å². The summed E-state index contributed by atoms with van der Waals surface area (Å²) in [4.78, 5) is 8.28. The van der Waals surface area contributed by atoms with Crippen LogP contribution in [-0.4, -0.2) is 24.5 Å². The van der Waals surface area contributed by atoms with Crippen molar-refractivity contribution < 1.29 is 4.84 Å². The molecule has 2 saturated heterocycles. The van der Waals surface area contributed by atoms with Gasteiger partial charge < -0.3 is 4.84 Å². The quantitative estimate of drug-likeness (QED) is 0.859. The van der Waals surface area contributed by atoms with E-state index in [9.17, 15) is 0 Å². The normalized spacial score (nSPS) is 31.7. The van der Waals surface area contributed by atoms with Gasteiger partial charge in [0.15, 0.2) is 5.75 Å². The van der Waals surface area contributed by atoms with E-state index in [1.54, 1.807) is 5.57 Å². The van der Waals surface area contributed by atoms with Crippen LogP contribution < -0.4 is 10.3 Å². The van der Waals surface area contributed by atoms with Gasteiger partial charge in [-0.3, -0.25) is 4.90 Å². The van der Waals surface area contributed by atoms with Crippen molar-refractivity contribution in [2.24, 2.45) is 11.8 Å². The summed E-state index contributed by atoms with van der Waals surface area (Å²) in [7, 11) is 0. The summed E-state index contributed by atoms with van der Waals surface area (Å²) < 4.78 is 0. The van der Waals surface area contributed by atoms with Crippen LogP contribution >= 0.6 is 11.6 Å². The first-order valence-corrected chi connectivity index (χ1v) is 7.28. The predicted molar refractivity (Wildman–Crippen MR) is 74.9 cm³/mol. The van der Waals surface area contributed by atoms with E-state index in [-0.39, 0.29) is 0 Å². The topological polar surface area (TPSA) is 24.5 Å². The van der Waals surface area contributed by atoms with Crippen LogP contribution in [0.2, 0.25) is 5.02 Å². The van der Waals surface area contributed by atoms with Crippen molar-refractivity contribution in [2.75, 3.05) is 19.6 Å². The maximum atomic E-state index is 5.87. The Labute approximate surface area is 118 Å². The van der Waals surface area contributed by atoms with Crippen LogP contribution in [0.4, 0.5) is 0 Å².